The van der Waals surface area contributed by atoms with E-state index in [-0.39, 0.29) is 17.6 Å². The molecule has 4 nitrogen and oxygen atoms in total. The maximum Gasteiger partial charge on any atom is 0.139 e. The number of nitrogens with zero attached hydrogens (tertiary/aromatic N) is 1. The zero-order valence-corrected chi connectivity index (χ0v) is 8.65. The number of hydrogen-bond donors (Lipinski definition) is 1. The van der Waals surface area contributed by atoms with Crippen molar-refractivity contribution >= 4 is 5.78 Å². The van der Waals surface area contributed by atoms with Crippen molar-refractivity contribution in [3.63, 3.8) is 0 Å². The molecule has 0 amide bonds. The molecule has 2 atom stereocenters. The van der Waals surface area contributed by atoms with Gasteiger partial charge in [0.1, 0.15) is 5.78 Å². The molecule has 1 aliphatic carbocycles. The fraction of sp³-hybridized carbons (Fsp3) is 0.500. The van der Waals surface area contributed by atoms with Crippen LogP contribution in [0.15, 0.2) is 23.5 Å². The monoisotopic (exact) mass is 195 g/mol. The summed E-state index contributed by atoms with van der Waals surface area (Å²) in [6, 6.07) is 0. The molecular weight excluding hydrogens is 180 g/mol. The molecule has 0 saturated carbocycles. The van der Waals surface area contributed by atoms with Crippen molar-refractivity contribution in [3.8, 4) is 0 Å². The summed E-state index contributed by atoms with van der Waals surface area (Å²) in [6.45, 7) is 3.40. The summed E-state index contributed by atoms with van der Waals surface area (Å²) < 4.78 is 0. The van der Waals surface area contributed by atoms with Crippen LogP contribution in [-0.2, 0) is 4.79 Å². The van der Waals surface area contributed by atoms with Crippen molar-refractivity contribution < 1.29 is 4.79 Å². The predicted molar refractivity (Wildman–Crippen MR) is 54.8 cm³/mol. The van der Waals surface area contributed by atoms with E-state index in [9.17, 15) is 10.0 Å². The second-order valence-electron chi connectivity index (χ2n) is 3.68. The molecule has 78 valence electrons. The van der Waals surface area contributed by atoms with Gasteiger partial charge in [0.25, 0.3) is 0 Å². The van der Waals surface area contributed by atoms with Crippen molar-refractivity contribution in [2.24, 2.45) is 17.6 Å². The second-order valence-corrected chi connectivity index (χ2v) is 3.68. The zero-order valence-electron chi connectivity index (χ0n) is 8.65. The Morgan fingerprint density at radius 1 is 1.64 bits per heavy atom. The highest BCUT2D eigenvalue weighted by Crippen LogP contribution is 2.27. The van der Waals surface area contributed by atoms with Crippen LogP contribution in [0.1, 0.15) is 13.8 Å². The minimum atomic E-state index is -0.279. The first-order valence-corrected chi connectivity index (χ1v) is 4.53. The van der Waals surface area contributed by atoms with Crippen LogP contribution in [0, 0.1) is 17.0 Å². The van der Waals surface area contributed by atoms with Crippen LogP contribution in [-0.4, -0.2) is 17.9 Å². The van der Waals surface area contributed by atoms with E-state index >= 15 is 0 Å². The van der Waals surface area contributed by atoms with Gasteiger partial charge < -0.3 is 16.0 Å². The molecule has 0 bridgehead atoms. The summed E-state index contributed by atoms with van der Waals surface area (Å²) in [5.74, 6) is -0.252. The second kappa shape index (κ2) is 3.84. The molecule has 1 aliphatic rings. The van der Waals surface area contributed by atoms with Crippen molar-refractivity contribution in [2.45, 2.75) is 13.8 Å². The molecule has 2 N–H and O–H groups in total. The van der Waals surface area contributed by atoms with Crippen LogP contribution in [0.3, 0.4) is 0 Å². The van der Waals surface area contributed by atoms with Crippen molar-refractivity contribution in [1.29, 1.82) is 0 Å². The first-order chi connectivity index (χ1) is 6.43. The molecule has 0 aromatic heterocycles. The Labute approximate surface area is 83.6 Å². The standard InChI is InChI=1S/C10H15N2O2/c1-6-4-8(12(3)14)5-9(11)10(6)7(2)13/h4-6,10H,11H2,1-3H3/q-1. The number of rotatable bonds is 2. The fourth-order valence-corrected chi connectivity index (χ4v) is 1.78. The average Bonchev–Trinajstić information content (AvgIpc) is 2.01. The van der Waals surface area contributed by atoms with E-state index in [1.165, 1.54) is 14.0 Å². The van der Waals surface area contributed by atoms with Crippen molar-refractivity contribution in [2.75, 3.05) is 7.05 Å². The van der Waals surface area contributed by atoms with Gasteiger partial charge in [-0.15, -0.1) is 0 Å². The number of nitrogens with two attached hydrogens (primary N) is 1. The lowest BCUT2D eigenvalue weighted by Gasteiger charge is -2.32. The van der Waals surface area contributed by atoms with Gasteiger partial charge in [0.15, 0.2) is 0 Å². The van der Waals surface area contributed by atoms with Crippen LogP contribution in [0.4, 0.5) is 0 Å². The summed E-state index contributed by atoms with van der Waals surface area (Å²) in [5.41, 5.74) is 6.73. The molecule has 0 fully saturated rings. The maximum atomic E-state index is 11.3. The molecule has 0 saturated heterocycles. The number of likely N-dealkylation sites (N-methyl/N-ethyl adjacent to an activating group) is 1. The number of carbonyl (C=O) groups is 1. The molecule has 2 unspecified atom stereocenters. The lowest BCUT2D eigenvalue weighted by atomic mass is 9.83. The highest BCUT2D eigenvalue weighted by atomic mass is 16.5. The van der Waals surface area contributed by atoms with E-state index in [2.05, 4.69) is 0 Å². The minimum Gasteiger partial charge on any atom is -0.758 e. The SMILES string of the molecule is CC(=O)C1C(N)=CC(N(C)[O-])=CC1C. The Balaban J connectivity index is 2.97. The smallest absolute Gasteiger partial charge is 0.139 e. The number of hydroxylamine groups is 2. The first-order valence-electron chi connectivity index (χ1n) is 4.53. The van der Waals surface area contributed by atoms with Gasteiger partial charge in [-0.1, -0.05) is 13.0 Å². The Morgan fingerprint density at radius 3 is 2.57 bits per heavy atom. The van der Waals surface area contributed by atoms with Gasteiger partial charge in [-0.05, 0) is 26.0 Å². The van der Waals surface area contributed by atoms with E-state index in [4.69, 9.17) is 5.73 Å². The minimum absolute atomic E-state index is 0.0103. The van der Waals surface area contributed by atoms with Gasteiger partial charge in [-0.25, -0.2) is 0 Å². The topological polar surface area (TPSA) is 69.4 Å². The summed E-state index contributed by atoms with van der Waals surface area (Å²) in [5, 5.41) is 11.8. The van der Waals surface area contributed by atoms with E-state index in [0.29, 0.717) is 11.4 Å². The zero-order chi connectivity index (χ0) is 10.9. The van der Waals surface area contributed by atoms with Gasteiger partial charge in [-0.3, -0.25) is 4.79 Å². The maximum absolute atomic E-state index is 11.3. The van der Waals surface area contributed by atoms with Gasteiger partial charge in [0.05, 0.1) is 5.92 Å². The number of allylic oxidation sites excluding steroid dienone is 3. The quantitative estimate of drug-likeness (QED) is 0.667. The first kappa shape index (κ1) is 10.8. The van der Waals surface area contributed by atoms with Crippen LogP contribution < -0.4 is 5.73 Å². The molecule has 0 radical (unpaired) electrons. The van der Waals surface area contributed by atoms with Gasteiger partial charge in [0.2, 0.25) is 0 Å². The summed E-state index contributed by atoms with van der Waals surface area (Å²) in [6.07, 6.45) is 3.34. The Hall–Kier alpha value is -1.29. The molecule has 0 spiro atoms. The third-order valence-corrected chi connectivity index (χ3v) is 2.43. The molecule has 0 aliphatic heterocycles. The molecule has 1 rings (SSSR count). The van der Waals surface area contributed by atoms with E-state index in [0.717, 1.165) is 5.06 Å². The largest absolute Gasteiger partial charge is 0.758 e. The lowest BCUT2D eigenvalue weighted by molar-refractivity contribution is -0.120. The normalized spacial score (nSPS) is 26.6. The summed E-state index contributed by atoms with van der Waals surface area (Å²) in [4.78, 5) is 11.3. The summed E-state index contributed by atoms with van der Waals surface area (Å²) >= 11 is 0. The predicted octanol–water partition coefficient (Wildman–Crippen LogP) is 0.997. The van der Waals surface area contributed by atoms with Crippen LogP contribution in [0.25, 0.3) is 0 Å². The number of carbonyl (C=O) groups excluding carboxylic acids is 1. The van der Waals surface area contributed by atoms with E-state index < -0.39 is 0 Å². The molecule has 0 aromatic rings. The number of ketones is 1. The van der Waals surface area contributed by atoms with Crippen molar-refractivity contribution in [1.82, 2.24) is 5.06 Å². The van der Waals surface area contributed by atoms with Gasteiger partial charge in [0, 0.05) is 11.4 Å². The highest BCUT2D eigenvalue weighted by Gasteiger charge is 2.26. The lowest BCUT2D eigenvalue weighted by Crippen LogP contribution is -2.29. The fourth-order valence-electron chi connectivity index (χ4n) is 1.78. The number of Topliss-reactive ketones (excluding diaryl/α,β-unsaturated/α-hetero) is 1. The van der Waals surface area contributed by atoms with E-state index in [1.54, 1.807) is 12.2 Å². The van der Waals surface area contributed by atoms with Crippen LogP contribution in [0.2, 0.25) is 0 Å². The van der Waals surface area contributed by atoms with Crippen molar-refractivity contribution in [3.05, 3.63) is 28.8 Å². The third kappa shape index (κ3) is 1.96. The number of hydrogen-bond acceptors (Lipinski definition) is 4. The molecule has 0 heterocycles. The van der Waals surface area contributed by atoms with Crippen LogP contribution in [0.5, 0.6) is 0 Å². The van der Waals surface area contributed by atoms with Gasteiger partial charge >= 0.3 is 0 Å². The van der Waals surface area contributed by atoms with Gasteiger partial charge in [-0.2, -0.15) is 0 Å². The molecule has 0 aromatic carbocycles. The third-order valence-electron chi connectivity index (χ3n) is 2.43. The summed E-state index contributed by atoms with van der Waals surface area (Å²) in [7, 11) is 1.41. The molecule has 4 heteroatoms. The Kier molecular flexibility index (Phi) is 2.96. The average molecular weight is 195 g/mol. The highest BCUT2D eigenvalue weighted by molar-refractivity contribution is 5.82. The Morgan fingerprint density at radius 2 is 2.21 bits per heavy atom. The van der Waals surface area contributed by atoms with E-state index in [1.807, 2.05) is 6.92 Å². The Bertz CT molecular complexity index is 305. The molecular formula is C10H15N2O2-. The van der Waals surface area contributed by atoms with Crippen LogP contribution >= 0.6 is 0 Å². The molecule has 14 heavy (non-hydrogen) atoms.